The molecule has 0 unspecified atom stereocenters. The molecule has 2 fully saturated rings. The lowest BCUT2D eigenvalue weighted by Crippen LogP contribution is -2.55. The Morgan fingerprint density at radius 2 is 2.38 bits per heavy atom. The van der Waals surface area contributed by atoms with Gasteiger partial charge in [-0.2, -0.15) is 0 Å². The van der Waals surface area contributed by atoms with Crippen LogP contribution in [0.15, 0.2) is 12.7 Å². The van der Waals surface area contributed by atoms with Gasteiger partial charge in [0.25, 0.3) is 0 Å². The van der Waals surface area contributed by atoms with Crippen molar-refractivity contribution in [2.45, 2.75) is 18.9 Å². The van der Waals surface area contributed by atoms with Crippen LogP contribution in [-0.2, 0) is 0 Å². The zero-order valence-electron chi connectivity index (χ0n) is 8.50. The summed E-state index contributed by atoms with van der Waals surface area (Å²) in [6.07, 6.45) is 4.60. The molecule has 0 aromatic carbocycles. The van der Waals surface area contributed by atoms with E-state index in [0.29, 0.717) is 6.04 Å². The molecule has 1 N–H and O–H groups in total. The van der Waals surface area contributed by atoms with Crippen LogP contribution in [0.25, 0.3) is 0 Å². The number of nitrogens with zero attached hydrogens (tertiary/aromatic N) is 1. The summed E-state index contributed by atoms with van der Waals surface area (Å²) in [6.45, 7) is 7.58. The van der Waals surface area contributed by atoms with Crippen molar-refractivity contribution in [1.29, 1.82) is 0 Å². The number of rotatable bonds is 2. The molecule has 2 bridgehead atoms. The maximum atomic E-state index is 3.83. The van der Waals surface area contributed by atoms with Crippen molar-refractivity contribution in [1.82, 2.24) is 10.2 Å². The third-order valence-corrected chi connectivity index (χ3v) is 3.41. The van der Waals surface area contributed by atoms with E-state index >= 15 is 0 Å². The molecule has 0 aromatic rings. The summed E-state index contributed by atoms with van der Waals surface area (Å²) in [5.41, 5.74) is 0. The second-order valence-electron chi connectivity index (χ2n) is 4.62. The van der Waals surface area contributed by atoms with Gasteiger partial charge in [0.1, 0.15) is 0 Å². The molecule has 2 nitrogen and oxygen atoms in total. The van der Waals surface area contributed by atoms with Gasteiger partial charge < -0.3 is 10.2 Å². The van der Waals surface area contributed by atoms with Crippen molar-refractivity contribution in [3.8, 4) is 0 Å². The van der Waals surface area contributed by atoms with E-state index in [9.17, 15) is 0 Å². The Morgan fingerprint density at radius 3 is 3.15 bits per heavy atom. The maximum Gasteiger partial charge on any atom is 0.0142 e. The molecule has 2 heteroatoms. The molecule has 0 amide bonds. The van der Waals surface area contributed by atoms with Gasteiger partial charge in [0.15, 0.2) is 0 Å². The number of hydrogen-bond donors (Lipinski definition) is 1. The standard InChI is InChI=1S/C11H20N2/c1-3-4-11-10-5-9(6-12-11)7-13(2)8-10/h3,9-12H,1,4-8H2,2H3/t9-,10-,11-/m0/s1. The van der Waals surface area contributed by atoms with E-state index in [2.05, 4.69) is 23.8 Å². The minimum atomic E-state index is 0.691. The van der Waals surface area contributed by atoms with E-state index in [0.717, 1.165) is 18.3 Å². The number of nitrogens with one attached hydrogen (secondary N) is 1. The maximum absolute atomic E-state index is 3.83. The van der Waals surface area contributed by atoms with Crippen molar-refractivity contribution in [3.63, 3.8) is 0 Å². The van der Waals surface area contributed by atoms with E-state index in [1.165, 1.54) is 26.1 Å². The summed E-state index contributed by atoms with van der Waals surface area (Å²) in [5.74, 6) is 1.75. The third kappa shape index (κ3) is 1.94. The number of fused-ring (bicyclic) bond motifs is 2. The van der Waals surface area contributed by atoms with Gasteiger partial charge in [-0.15, -0.1) is 6.58 Å². The number of piperidine rings is 2. The Labute approximate surface area is 81.0 Å². The van der Waals surface area contributed by atoms with Crippen molar-refractivity contribution < 1.29 is 0 Å². The summed E-state index contributed by atoms with van der Waals surface area (Å²) in [4.78, 5) is 2.48. The van der Waals surface area contributed by atoms with Crippen LogP contribution in [0.3, 0.4) is 0 Å². The lowest BCUT2D eigenvalue weighted by Gasteiger charge is -2.44. The molecule has 2 rings (SSSR count). The molecular formula is C11H20N2. The van der Waals surface area contributed by atoms with Gasteiger partial charge in [-0.1, -0.05) is 6.08 Å². The summed E-state index contributed by atoms with van der Waals surface area (Å²) in [5, 5.41) is 3.64. The molecule has 0 radical (unpaired) electrons. The Balaban J connectivity index is 1.98. The first-order chi connectivity index (χ1) is 6.29. The van der Waals surface area contributed by atoms with E-state index in [1.807, 2.05) is 6.08 Å². The van der Waals surface area contributed by atoms with Gasteiger partial charge in [0, 0.05) is 19.1 Å². The normalized spacial score (nSPS) is 40.2. The highest BCUT2D eigenvalue weighted by atomic mass is 15.1. The molecule has 3 atom stereocenters. The highest BCUT2D eigenvalue weighted by Crippen LogP contribution is 2.28. The second-order valence-corrected chi connectivity index (χ2v) is 4.62. The van der Waals surface area contributed by atoms with Gasteiger partial charge in [-0.05, 0) is 38.3 Å². The minimum Gasteiger partial charge on any atom is -0.313 e. The van der Waals surface area contributed by atoms with Gasteiger partial charge in [0.2, 0.25) is 0 Å². The van der Waals surface area contributed by atoms with E-state index in [1.54, 1.807) is 0 Å². The van der Waals surface area contributed by atoms with Crippen LogP contribution < -0.4 is 5.32 Å². The van der Waals surface area contributed by atoms with Gasteiger partial charge >= 0.3 is 0 Å². The molecule has 2 heterocycles. The molecular weight excluding hydrogens is 160 g/mol. The van der Waals surface area contributed by atoms with Gasteiger partial charge in [-0.3, -0.25) is 0 Å². The molecule has 0 spiro atoms. The topological polar surface area (TPSA) is 15.3 Å². The molecule has 2 aliphatic rings. The third-order valence-electron chi connectivity index (χ3n) is 3.41. The van der Waals surface area contributed by atoms with Crippen molar-refractivity contribution >= 4 is 0 Å². The number of likely N-dealkylation sites (tertiary alicyclic amines) is 1. The SMILES string of the molecule is C=CC[C@@H]1NC[C@@H]2C[C@H]1CN(C)C2. The van der Waals surface area contributed by atoms with E-state index < -0.39 is 0 Å². The van der Waals surface area contributed by atoms with E-state index in [-0.39, 0.29) is 0 Å². The first kappa shape index (κ1) is 9.22. The first-order valence-corrected chi connectivity index (χ1v) is 5.32. The molecule has 0 aliphatic carbocycles. The van der Waals surface area contributed by atoms with Gasteiger partial charge in [-0.25, -0.2) is 0 Å². The van der Waals surface area contributed by atoms with Crippen LogP contribution in [-0.4, -0.2) is 37.6 Å². The molecule has 2 aliphatic heterocycles. The van der Waals surface area contributed by atoms with Crippen LogP contribution >= 0.6 is 0 Å². The molecule has 13 heavy (non-hydrogen) atoms. The molecule has 0 saturated carbocycles. The lowest BCUT2D eigenvalue weighted by molar-refractivity contribution is 0.0865. The fourth-order valence-electron chi connectivity index (χ4n) is 2.87. The summed E-state index contributed by atoms with van der Waals surface area (Å²) < 4.78 is 0. The average molecular weight is 180 g/mol. The van der Waals surface area contributed by atoms with Crippen molar-refractivity contribution in [3.05, 3.63) is 12.7 Å². The van der Waals surface area contributed by atoms with Crippen LogP contribution in [0.1, 0.15) is 12.8 Å². The molecule has 2 saturated heterocycles. The Kier molecular flexibility index (Phi) is 2.70. The fourth-order valence-corrected chi connectivity index (χ4v) is 2.87. The second kappa shape index (κ2) is 3.81. The molecule has 74 valence electrons. The Hall–Kier alpha value is -0.340. The summed E-state index contributed by atoms with van der Waals surface area (Å²) >= 11 is 0. The van der Waals surface area contributed by atoms with Gasteiger partial charge in [0.05, 0.1) is 0 Å². The largest absolute Gasteiger partial charge is 0.313 e. The monoisotopic (exact) mass is 180 g/mol. The zero-order chi connectivity index (χ0) is 9.26. The van der Waals surface area contributed by atoms with Crippen LogP contribution in [0.5, 0.6) is 0 Å². The van der Waals surface area contributed by atoms with Crippen LogP contribution in [0.4, 0.5) is 0 Å². The smallest absolute Gasteiger partial charge is 0.0142 e. The summed E-state index contributed by atoms with van der Waals surface area (Å²) in [7, 11) is 2.25. The number of hydrogen-bond acceptors (Lipinski definition) is 2. The highest BCUT2D eigenvalue weighted by molar-refractivity contribution is 4.93. The Morgan fingerprint density at radius 1 is 1.54 bits per heavy atom. The fraction of sp³-hybridized carbons (Fsp3) is 0.818. The van der Waals surface area contributed by atoms with Crippen molar-refractivity contribution in [2.75, 3.05) is 26.7 Å². The van der Waals surface area contributed by atoms with Crippen molar-refractivity contribution in [2.24, 2.45) is 11.8 Å². The lowest BCUT2D eigenvalue weighted by atomic mass is 9.80. The van der Waals surface area contributed by atoms with Crippen LogP contribution in [0, 0.1) is 11.8 Å². The predicted octanol–water partition coefficient (Wildman–Crippen LogP) is 1.10. The average Bonchev–Trinajstić information content (AvgIpc) is 2.10. The zero-order valence-corrected chi connectivity index (χ0v) is 8.50. The van der Waals surface area contributed by atoms with Crippen LogP contribution in [0.2, 0.25) is 0 Å². The highest BCUT2D eigenvalue weighted by Gasteiger charge is 2.34. The first-order valence-electron chi connectivity index (χ1n) is 5.32. The van der Waals surface area contributed by atoms with E-state index in [4.69, 9.17) is 0 Å². The minimum absolute atomic E-state index is 0.691. The summed E-state index contributed by atoms with van der Waals surface area (Å²) in [6, 6.07) is 0.691. The quantitative estimate of drug-likeness (QED) is 0.640. The molecule has 0 aromatic heterocycles. The predicted molar refractivity (Wildman–Crippen MR) is 55.7 cm³/mol. The Bertz CT molecular complexity index is 189.